The van der Waals surface area contributed by atoms with Crippen LogP contribution in [0.1, 0.15) is 30.3 Å². The Morgan fingerprint density at radius 3 is 3.06 bits per heavy atom. The van der Waals surface area contributed by atoms with Crippen molar-refractivity contribution in [2.75, 3.05) is 6.61 Å². The Morgan fingerprint density at radius 2 is 2.53 bits per heavy atom. The lowest BCUT2D eigenvalue weighted by Gasteiger charge is -2.19. The molecular formula is C11H16BrN3O2. The first kappa shape index (κ1) is 12.6. The van der Waals surface area contributed by atoms with E-state index >= 15 is 0 Å². The van der Waals surface area contributed by atoms with Crippen LogP contribution in [0.5, 0.6) is 0 Å². The van der Waals surface area contributed by atoms with Crippen molar-refractivity contribution in [3.63, 3.8) is 0 Å². The van der Waals surface area contributed by atoms with Crippen LogP contribution in [0.4, 0.5) is 0 Å². The minimum absolute atomic E-state index is 0.0129. The highest BCUT2D eigenvalue weighted by atomic mass is 79.9. The third kappa shape index (κ3) is 2.87. The number of halogens is 1. The van der Waals surface area contributed by atoms with Crippen LogP contribution in [0, 0.1) is 0 Å². The topological polar surface area (TPSA) is 56.2 Å². The SMILES string of the molecule is C[C@@H](NC(=O)c1nn(C)cc1Br)[C@@H]1CCCO1. The second-order valence-electron chi connectivity index (χ2n) is 4.31. The van der Waals surface area contributed by atoms with Gasteiger partial charge in [0.05, 0.1) is 16.6 Å². The van der Waals surface area contributed by atoms with Crippen LogP contribution in [0.3, 0.4) is 0 Å². The maximum absolute atomic E-state index is 12.0. The molecular weight excluding hydrogens is 286 g/mol. The summed E-state index contributed by atoms with van der Waals surface area (Å²) in [6.45, 7) is 2.75. The summed E-state index contributed by atoms with van der Waals surface area (Å²) in [5.74, 6) is -0.166. The van der Waals surface area contributed by atoms with E-state index in [0.29, 0.717) is 10.2 Å². The van der Waals surface area contributed by atoms with Gasteiger partial charge in [0.15, 0.2) is 5.69 Å². The highest BCUT2D eigenvalue weighted by Gasteiger charge is 2.25. The van der Waals surface area contributed by atoms with Gasteiger partial charge in [-0.2, -0.15) is 5.10 Å². The Morgan fingerprint density at radius 1 is 1.76 bits per heavy atom. The van der Waals surface area contributed by atoms with Crippen LogP contribution < -0.4 is 5.32 Å². The van der Waals surface area contributed by atoms with E-state index < -0.39 is 0 Å². The summed E-state index contributed by atoms with van der Waals surface area (Å²) in [5, 5.41) is 7.03. The molecule has 0 aliphatic carbocycles. The normalized spacial score (nSPS) is 21.5. The summed E-state index contributed by atoms with van der Waals surface area (Å²) in [7, 11) is 1.78. The van der Waals surface area contributed by atoms with Crippen molar-refractivity contribution in [3.8, 4) is 0 Å². The van der Waals surface area contributed by atoms with Gasteiger partial charge in [0.1, 0.15) is 0 Å². The summed E-state index contributed by atoms with van der Waals surface area (Å²) in [4.78, 5) is 12.0. The molecule has 1 amide bonds. The van der Waals surface area contributed by atoms with Crippen molar-refractivity contribution in [2.24, 2.45) is 7.05 Å². The Bertz CT molecular complexity index is 413. The van der Waals surface area contributed by atoms with Crippen molar-refractivity contribution in [3.05, 3.63) is 16.4 Å². The number of rotatable bonds is 3. The van der Waals surface area contributed by atoms with Crippen LogP contribution in [-0.4, -0.2) is 34.4 Å². The molecule has 1 aromatic heterocycles. The number of aryl methyl sites for hydroxylation is 1. The second kappa shape index (κ2) is 5.18. The number of hydrogen-bond acceptors (Lipinski definition) is 3. The zero-order chi connectivity index (χ0) is 12.4. The highest BCUT2D eigenvalue weighted by molar-refractivity contribution is 9.10. The van der Waals surface area contributed by atoms with Crippen LogP contribution in [0.25, 0.3) is 0 Å². The molecule has 17 heavy (non-hydrogen) atoms. The molecule has 1 aromatic rings. The first-order valence-corrected chi connectivity index (χ1v) is 6.49. The minimum Gasteiger partial charge on any atom is -0.376 e. The fourth-order valence-electron chi connectivity index (χ4n) is 1.98. The van der Waals surface area contributed by atoms with E-state index in [1.54, 1.807) is 17.9 Å². The van der Waals surface area contributed by atoms with Crippen molar-refractivity contribution in [1.82, 2.24) is 15.1 Å². The van der Waals surface area contributed by atoms with Gasteiger partial charge < -0.3 is 10.1 Å². The van der Waals surface area contributed by atoms with Crippen molar-refractivity contribution in [1.29, 1.82) is 0 Å². The molecule has 0 radical (unpaired) electrons. The quantitative estimate of drug-likeness (QED) is 0.920. The number of aromatic nitrogens is 2. The number of carbonyl (C=O) groups is 1. The number of nitrogens with zero attached hydrogens (tertiary/aromatic N) is 2. The van der Waals surface area contributed by atoms with Gasteiger partial charge in [-0.25, -0.2) is 0 Å². The number of carbonyl (C=O) groups excluding carboxylic acids is 1. The predicted octanol–water partition coefficient (Wildman–Crippen LogP) is 1.48. The van der Waals surface area contributed by atoms with E-state index in [1.807, 2.05) is 6.92 Å². The Balaban J connectivity index is 1.98. The fraction of sp³-hybridized carbons (Fsp3) is 0.636. The molecule has 2 rings (SSSR count). The summed E-state index contributed by atoms with van der Waals surface area (Å²) >= 11 is 3.32. The van der Waals surface area contributed by atoms with E-state index in [0.717, 1.165) is 19.4 Å². The van der Waals surface area contributed by atoms with Crippen LogP contribution in [0.2, 0.25) is 0 Å². The zero-order valence-electron chi connectivity index (χ0n) is 9.94. The van der Waals surface area contributed by atoms with Crippen molar-refractivity contribution >= 4 is 21.8 Å². The molecule has 0 unspecified atom stereocenters. The molecule has 0 bridgehead atoms. The maximum Gasteiger partial charge on any atom is 0.273 e. The molecule has 6 heteroatoms. The molecule has 2 heterocycles. The van der Waals surface area contributed by atoms with E-state index in [4.69, 9.17) is 4.74 Å². The van der Waals surface area contributed by atoms with E-state index in [2.05, 4.69) is 26.3 Å². The molecule has 1 aliphatic heterocycles. The minimum atomic E-state index is -0.166. The Kier molecular flexibility index (Phi) is 3.83. The Labute approximate surface area is 109 Å². The van der Waals surface area contributed by atoms with Crippen LogP contribution >= 0.6 is 15.9 Å². The highest BCUT2D eigenvalue weighted by Crippen LogP contribution is 2.17. The summed E-state index contributed by atoms with van der Waals surface area (Å²) < 4.78 is 7.85. The van der Waals surface area contributed by atoms with Gasteiger partial charge in [-0.15, -0.1) is 0 Å². The van der Waals surface area contributed by atoms with Crippen molar-refractivity contribution < 1.29 is 9.53 Å². The molecule has 1 aliphatic rings. The molecule has 0 saturated carbocycles. The average molecular weight is 302 g/mol. The van der Waals surface area contributed by atoms with Gasteiger partial charge in [-0.05, 0) is 35.7 Å². The van der Waals surface area contributed by atoms with Gasteiger partial charge in [0, 0.05) is 19.9 Å². The third-order valence-corrected chi connectivity index (χ3v) is 3.46. The van der Waals surface area contributed by atoms with Gasteiger partial charge in [-0.1, -0.05) is 0 Å². The molecule has 0 aromatic carbocycles. The fourth-order valence-corrected chi connectivity index (χ4v) is 2.53. The first-order valence-electron chi connectivity index (χ1n) is 5.69. The molecule has 5 nitrogen and oxygen atoms in total. The number of ether oxygens (including phenoxy) is 1. The molecule has 0 spiro atoms. The lowest BCUT2D eigenvalue weighted by atomic mass is 10.1. The smallest absolute Gasteiger partial charge is 0.273 e. The summed E-state index contributed by atoms with van der Waals surface area (Å²) in [6, 6.07) is 0.0129. The molecule has 94 valence electrons. The second-order valence-corrected chi connectivity index (χ2v) is 5.17. The maximum atomic E-state index is 12.0. The Hall–Kier alpha value is -0.880. The first-order chi connectivity index (χ1) is 8.08. The van der Waals surface area contributed by atoms with Gasteiger partial charge >= 0.3 is 0 Å². The van der Waals surface area contributed by atoms with Gasteiger partial charge in [0.25, 0.3) is 5.91 Å². The largest absolute Gasteiger partial charge is 0.376 e. The van der Waals surface area contributed by atoms with Crippen LogP contribution in [0.15, 0.2) is 10.7 Å². The van der Waals surface area contributed by atoms with E-state index in [1.165, 1.54) is 0 Å². The molecule has 2 atom stereocenters. The van der Waals surface area contributed by atoms with Gasteiger partial charge in [0.2, 0.25) is 0 Å². The third-order valence-electron chi connectivity index (χ3n) is 2.88. The lowest BCUT2D eigenvalue weighted by Crippen LogP contribution is -2.41. The number of amides is 1. The summed E-state index contributed by atoms with van der Waals surface area (Å²) in [5.41, 5.74) is 0.414. The molecule has 1 saturated heterocycles. The molecule has 1 fully saturated rings. The monoisotopic (exact) mass is 301 g/mol. The lowest BCUT2D eigenvalue weighted by molar-refractivity contribution is 0.0708. The standard InChI is InChI=1S/C11H16BrN3O2/c1-7(9-4-3-5-17-9)13-11(16)10-8(12)6-15(2)14-10/h6-7,9H,3-5H2,1-2H3,(H,13,16)/t7-,9+/m1/s1. The average Bonchev–Trinajstić information content (AvgIpc) is 2.87. The van der Waals surface area contributed by atoms with Crippen LogP contribution in [-0.2, 0) is 11.8 Å². The van der Waals surface area contributed by atoms with Crippen molar-refractivity contribution in [2.45, 2.75) is 31.9 Å². The zero-order valence-corrected chi connectivity index (χ0v) is 11.5. The van der Waals surface area contributed by atoms with E-state index in [9.17, 15) is 4.79 Å². The van der Waals surface area contributed by atoms with Gasteiger partial charge in [-0.3, -0.25) is 9.48 Å². The number of hydrogen-bond donors (Lipinski definition) is 1. The number of nitrogens with one attached hydrogen (secondary N) is 1. The molecule has 1 N–H and O–H groups in total. The predicted molar refractivity (Wildman–Crippen MR) is 66.8 cm³/mol. The summed E-state index contributed by atoms with van der Waals surface area (Å²) in [6.07, 6.45) is 3.95. The van der Waals surface area contributed by atoms with E-state index in [-0.39, 0.29) is 18.1 Å².